The number of allylic oxidation sites excluding steroid dienone is 2. The van der Waals surface area contributed by atoms with Gasteiger partial charge in [-0.3, -0.25) is 4.79 Å². The smallest absolute Gasteiger partial charge is 0.303 e. The highest BCUT2D eigenvalue weighted by Crippen LogP contribution is 2.44. The van der Waals surface area contributed by atoms with Gasteiger partial charge in [-0.15, -0.1) is 0 Å². The standard InChI is InChI=1S/C23H30O5/c24-18(13-12-17-8-4-3-5-9-17)14-15-20-19(21-16-22(20)28-27-21)10-6-1-2-7-11-23(25)26/h1,3-6,8-9,14-15,18-22,24H,2,7,10-13,16H2,(H,25,26)/t18-,19+,20+,21-,22+/m0/s1. The highest BCUT2D eigenvalue weighted by Gasteiger charge is 2.49. The maximum absolute atomic E-state index is 10.5. The predicted molar refractivity (Wildman–Crippen MR) is 106 cm³/mol. The molecule has 2 aliphatic rings. The fourth-order valence-electron chi connectivity index (χ4n) is 4.07. The molecule has 0 amide bonds. The zero-order valence-electron chi connectivity index (χ0n) is 16.2. The lowest BCUT2D eigenvalue weighted by Crippen LogP contribution is -2.28. The van der Waals surface area contributed by atoms with Crippen molar-refractivity contribution in [2.45, 2.75) is 63.3 Å². The van der Waals surface area contributed by atoms with E-state index in [9.17, 15) is 9.90 Å². The molecule has 1 aliphatic heterocycles. The topological polar surface area (TPSA) is 76.0 Å². The van der Waals surface area contributed by atoms with Crippen LogP contribution in [0.2, 0.25) is 0 Å². The van der Waals surface area contributed by atoms with Crippen molar-refractivity contribution in [3.63, 3.8) is 0 Å². The minimum atomic E-state index is -0.747. The van der Waals surface area contributed by atoms with Crippen molar-refractivity contribution in [2.75, 3.05) is 0 Å². The number of aliphatic hydroxyl groups excluding tert-OH is 1. The first-order chi connectivity index (χ1) is 13.6. The van der Waals surface area contributed by atoms with E-state index in [0.29, 0.717) is 18.8 Å². The van der Waals surface area contributed by atoms with Crippen molar-refractivity contribution in [1.29, 1.82) is 0 Å². The van der Waals surface area contributed by atoms with E-state index in [2.05, 4.69) is 30.4 Å². The van der Waals surface area contributed by atoms with Gasteiger partial charge in [0, 0.05) is 24.7 Å². The summed E-state index contributed by atoms with van der Waals surface area (Å²) in [5.41, 5.74) is 1.23. The summed E-state index contributed by atoms with van der Waals surface area (Å²) in [7, 11) is 0. The molecule has 1 heterocycles. The maximum atomic E-state index is 10.5. The minimum Gasteiger partial charge on any atom is -0.481 e. The van der Waals surface area contributed by atoms with Gasteiger partial charge >= 0.3 is 5.97 Å². The maximum Gasteiger partial charge on any atom is 0.303 e. The SMILES string of the molecule is O=C(O)CCCC=CC[C@@H]1[C@@H](C=C[C@@H](O)CCc2ccccc2)[C@H]2C[C@@H]1OO2. The molecule has 1 saturated heterocycles. The van der Waals surface area contributed by atoms with Crippen molar-refractivity contribution < 1.29 is 24.8 Å². The lowest BCUT2D eigenvalue weighted by atomic mass is 9.89. The molecule has 28 heavy (non-hydrogen) atoms. The first-order valence-corrected chi connectivity index (χ1v) is 10.2. The molecule has 1 aromatic carbocycles. The lowest BCUT2D eigenvalue weighted by molar-refractivity contribution is -0.336. The summed E-state index contributed by atoms with van der Waals surface area (Å²) in [4.78, 5) is 21.4. The summed E-state index contributed by atoms with van der Waals surface area (Å²) in [6.45, 7) is 0. The zero-order valence-corrected chi connectivity index (χ0v) is 16.2. The molecule has 1 saturated carbocycles. The number of rotatable bonds is 11. The average molecular weight is 386 g/mol. The molecule has 5 heteroatoms. The highest BCUT2D eigenvalue weighted by atomic mass is 17.2. The molecule has 152 valence electrons. The van der Waals surface area contributed by atoms with E-state index in [1.165, 1.54) is 5.56 Å². The van der Waals surface area contributed by atoms with Crippen LogP contribution in [0.3, 0.4) is 0 Å². The van der Waals surface area contributed by atoms with Crippen LogP contribution in [0.1, 0.15) is 44.1 Å². The van der Waals surface area contributed by atoms with Gasteiger partial charge in [-0.05, 0) is 37.7 Å². The second kappa shape index (κ2) is 10.6. The Balaban J connectivity index is 1.46. The fraction of sp³-hybridized carbons (Fsp3) is 0.522. The Morgan fingerprint density at radius 1 is 1.18 bits per heavy atom. The summed E-state index contributed by atoms with van der Waals surface area (Å²) in [5.74, 6) is -0.163. The van der Waals surface area contributed by atoms with E-state index in [0.717, 1.165) is 25.7 Å². The Hall–Kier alpha value is -1.95. The van der Waals surface area contributed by atoms with Gasteiger partial charge in [0.25, 0.3) is 0 Å². The summed E-state index contributed by atoms with van der Waals surface area (Å²) < 4.78 is 0. The molecule has 2 N–H and O–H groups in total. The van der Waals surface area contributed by atoms with Crippen LogP contribution in [0.25, 0.3) is 0 Å². The third-order valence-corrected chi connectivity index (χ3v) is 5.63. The second-order valence-electron chi connectivity index (χ2n) is 7.72. The van der Waals surface area contributed by atoms with Crippen LogP contribution in [0.5, 0.6) is 0 Å². The van der Waals surface area contributed by atoms with E-state index < -0.39 is 12.1 Å². The van der Waals surface area contributed by atoms with Crippen LogP contribution in [-0.2, 0) is 21.0 Å². The third-order valence-electron chi connectivity index (χ3n) is 5.63. The summed E-state index contributed by atoms with van der Waals surface area (Å²) in [5, 5.41) is 19.0. The second-order valence-corrected chi connectivity index (χ2v) is 7.72. The molecule has 5 atom stereocenters. The number of fused-ring (bicyclic) bond motifs is 2. The van der Waals surface area contributed by atoms with Crippen LogP contribution in [0.4, 0.5) is 0 Å². The van der Waals surface area contributed by atoms with Crippen molar-refractivity contribution in [3.8, 4) is 0 Å². The number of carboxylic acid groups (broad SMARTS) is 1. The van der Waals surface area contributed by atoms with E-state index >= 15 is 0 Å². The van der Waals surface area contributed by atoms with Crippen LogP contribution in [0, 0.1) is 11.8 Å². The average Bonchev–Trinajstić information content (AvgIpc) is 3.30. The van der Waals surface area contributed by atoms with Gasteiger partial charge in [0.2, 0.25) is 0 Å². The molecular weight excluding hydrogens is 356 g/mol. The molecule has 0 unspecified atom stereocenters. The summed E-state index contributed by atoms with van der Waals surface area (Å²) in [6, 6.07) is 10.2. The van der Waals surface area contributed by atoms with Crippen LogP contribution >= 0.6 is 0 Å². The number of aliphatic hydroxyl groups is 1. The quantitative estimate of drug-likeness (QED) is 0.341. The van der Waals surface area contributed by atoms with Crippen LogP contribution in [-0.4, -0.2) is 34.5 Å². The first-order valence-electron chi connectivity index (χ1n) is 10.2. The van der Waals surface area contributed by atoms with Gasteiger partial charge in [0.05, 0.1) is 12.2 Å². The molecule has 1 aliphatic carbocycles. The number of aryl methyl sites for hydroxylation is 1. The molecule has 1 aromatic rings. The molecule has 0 aromatic heterocycles. The normalized spacial score (nSPS) is 27.8. The Morgan fingerprint density at radius 3 is 2.75 bits per heavy atom. The van der Waals surface area contributed by atoms with Crippen molar-refractivity contribution in [2.24, 2.45) is 11.8 Å². The van der Waals surface area contributed by atoms with Crippen molar-refractivity contribution in [1.82, 2.24) is 0 Å². The molecular formula is C23H30O5. The van der Waals surface area contributed by atoms with Gasteiger partial charge in [-0.25, -0.2) is 9.78 Å². The third kappa shape index (κ3) is 6.03. The van der Waals surface area contributed by atoms with Gasteiger partial charge in [0.15, 0.2) is 0 Å². The zero-order chi connectivity index (χ0) is 19.8. The lowest BCUT2D eigenvalue weighted by Gasteiger charge is -2.27. The Morgan fingerprint density at radius 2 is 1.96 bits per heavy atom. The fourth-order valence-corrected chi connectivity index (χ4v) is 4.07. The van der Waals surface area contributed by atoms with E-state index in [1.807, 2.05) is 24.3 Å². The summed E-state index contributed by atoms with van der Waals surface area (Å²) in [6.07, 6.45) is 12.9. The number of hydrogen-bond acceptors (Lipinski definition) is 4. The molecule has 2 fully saturated rings. The Kier molecular flexibility index (Phi) is 7.83. The molecule has 3 rings (SSSR count). The monoisotopic (exact) mass is 386 g/mol. The largest absolute Gasteiger partial charge is 0.481 e. The number of benzene rings is 1. The Labute approximate surface area is 166 Å². The summed E-state index contributed by atoms with van der Waals surface area (Å²) >= 11 is 0. The molecule has 5 nitrogen and oxygen atoms in total. The molecule has 0 spiro atoms. The number of carboxylic acids is 1. The van der Waals surface area contributed by atoms with Crippen molar-refractivity contribution >= 4 is 5.97 Å². The molecule has 2 bridgehead atoms. The van der Waals surface area contributed by atoms with Crippen LogP contribution < -0.4 is 0 Å². The minimum absolute atomic E-state index is 0.0629. The highest BCUT2D eigenvalue weighted by molar-refractivity contribution is 5.66. The van der Waals surface area contributed by atoms with Crippen LogP contribution in [0.15, 0.2) is 54.6 Å². The number of unbranched alkanes of at least 4 members (excludes halogenated alkanes) is 1. The molecule has 0 radical (unpaired) electrons. The van der Waals surface area contributed by atoms with Gasteiger partial charge in [0.1, 0.15) is 6.10 Å². The van der Waals surface area contributed by atoms with Gasteiger partial charge in [-0.1, -0.05) is 54.6 Å². The number of carbonyl (C=O) groups is 1. The van der Waals surface area contributed by atoms with E-state index in [4.69, 9.17) is 14.9 Å². The number of aliphatic carboxylic acids is 1. The predicted octanol–water partition coefficient (Wildman–Crippen LogP) is 4.07. The van der Waals surface area contributed by atoms with E-state index in [-0.39, 0.29) is 24.5 Å². The van der Waals surface area contributed by atoms with E-state index in [1.54, 1.807) is 0 Å². The van der Waals surface area contributed by atoms with Crippen molar-refractivity contribution in [3.05, 3.63) is 60.2 Å². The number of hydrogen-bond donors (Lipinski definition) is 2. The van der Waals surface area contributed by atoms with Gasteiger partial charge in [-0.2, -0.15) is 0 Å². The Bertz CT molecular complexity index is 669. The first kappa shape index (κ1) is 20.8. The van der Waals surface area contributed by atoms with Gasteiger partial charge < -0.3 is 10.2 Å².